The van der Waals surface area contributed by atoms with E-state index in [1.54, 1.807) is 0 Å². The van der Waals surface area contributed by atoms with E-state index >= 15 is 0 Å². The normalized spacial score (nSPS) is 12.5. The molecule has 1 aliphatic rings. The molecule has 0 atom stereocenters. The minimum absolute atomic E-state index is 0.559. The molecular weight excluding hydrogens is 376 g/mol. The summed E-state index contributed by atoms with van der Waals surface area (Å²) >= 11 is 6.03. The number of nitrogens with one attached hydrogen (secondary N) is 2. The van der Waals surface area contributed by atoms with Gasteiger partial charge in [-0.05, 0) is 43.2 Å². The molecule has 28 heavy (non-hydrogen) atoms. The number of nitrogens with zero attached hydrogens (tertiary/aromatic N) is 2. The van der Waals surface area contributed by atoms with Gasteiger partial charge in [-0.15, -0.1) is 0 Å². The Labute approximate surface area is 168 Å². The maximum Gasteiger partial charge on any atom is 0.224 e. The van der Waals surface area contributed by atoms with Crippen LogP contribution in [-0.4, -0.2) is 29.7 Å². The van der Waals surface area contributed by atoms with Crippen molar-refractivity contribution in [3.8, 4) is 11.5 Å². The fourth-order valence-electron chi connectivity index (χ4n) is 2.99. The van der Waals surface area contributed by atoms with Gasteiger partial charge in [0.25, 0.3) is 0 Å². The predicted octanol–water partition coefficient (Wildman–Crippen LogP) is 4.61. The molecule has 2 heterocycles. The van der Waals surface area contributed by atoms with Crippen LogP contribution in [0.3, 0.4) is 0 Å². The molecule has 0 saturated carbocycles. The Morgan fingerprint density at radius 1 is 1.00 bits per heavy atom. The highest BCUT2D eigenvalue weighted by Gasteiger charge is 2.12. The number of fused-ring (bicyclic) bond motifs is 1. The van der Waals surface area contributed by atoms with Gasteiger partial charge in [-0.3, -0.25) is 0 Å². The van der Waals surface area contributed by atoms with Crippen LogP contribution in [-0.2, 0) is 6.42 Å². The Balaban J connectivity index is 1.42. The van der Waals surface area contributed by atoms with Gasteiger partial charge in [0.1, 0.15) is 19.0 Å². The number of ether oxygens (including phenoxy) is 2. The number of hydrogen-bond donors (Lipinski definition) is 2. The number of hydrogen-bond acceptors (Lipinski definition) is 6. The molecule has 144 valence electrons. The zero-order valence-electron chi connectivity index (χ0n) is 15.5. The molecule has 4 rings (SSSR count). The SMILES string of the molecule is Cc1cc(Nc2ccc3c(c2)OCCO3)nc(NCCc2cccc(Cl)c2)n1. The second kappa shape index (κ2) is 8.35. The Kier molecular flexibility index (Phi) is 5.48. The molecule has 0 unspecified atom stereocenters. The van der Waals surface area contributed by atoms with Gasteiger partial charge in [0.15, 0.2) is 11.5 Å². The standard InChI is InChI=1S/C21H21ClN4O2/c1-14-11-20(25-17-5-6-18-19(13-17)28-10-9-27-18)26-21(24-14)23-8-7-15-3-2-4-16(22)12-15/h2-6,11-13H,7-10H2,1H3,(H2,23,24,25,26). The summed E-state index contributed by atoms with van der Waals surface area (Å²) < 4.78 is 11.2. The van der Waals surface area contributed by atoms with Crippen LogP contribution in [0, 0.1) is 6.92 Å². The van der Waals surface area contributed by atoms with E-state index in [0.29, 0.717) is 25.7 Å². The molecule has 7 heteroatoms. The Hall–Kier alpha value is -2.99. The quantitative estimate of drug-likeness (QED) is 0.634. The lowest BCUT2D eigenvalue weighted by Gasteiger charge is -2.19. The molecule has 1 aliphatic heterocycles. The van der Waals surface area contributed by atoms with Crippen LogP contribution in [0.25, 0.3) is 0 Å². The fourth-order valence-corrected chi connectivity index (χ4v) is 3.20. The molecule has 0 spiro atoms. The smallest absolute Gasteiger partial charge is 0.224 e. The minimum Gasteiger partial charge on any atom is -0.486 e. The summed E-state index contributed by atoms with van der Waals surface area (Å²) in [5.41, 5.74) is 2.93. The highest BCUT2D eigenvalue weighted by molar-refractivity contribution is 6.30. The first-order valence-corrected chi connectivity index (χ1v) is 9.54. The summed E-state index contributed by atoms with van der Waals surface area (Å²) in [5.74, 6) is 2.80. The maximum atomic E-state index is 6.03. The van der Waals surface area contributed by atoms with Crippen molar-refractivity contribution in [2.24, 2.45) is 0 Å². The fraction of sp³-hybridized carbons (Fsp3) is 0.238. The lowest BCUT2D eigenvalue weighted by Crippen LogP contribution is -2.15. The van der Waals surface area contributed by atoms with Gasteiger partial charge in [-0.25, -0.2) is 4.98 Å². The van der Waals surface area contributed by atoms with E-state index in [4.69, 9.17) is 21.1 Å². The van der Waals surface area contributed by atoms with Crippen molar-refractivity contribution < 1.29 is 9.47 Å². The number of rotatable bonds is 6. The first-order valence-electron chi connectivity index (χ1n) is 9.16. The van der Waals surface area contributed by atoms with Crippen molar-refractivity contribution in [1.29, 1.82) is 0 Å². The van der Waals surface area contributed by atoms with Crippen LogP contribution in [0.15, 0.2) is 48.5 Å². The van der Waals surface area contributed by atoms with Crippen molar-refractivity contribution in [3.05, 3.63) is 64.8 Å². The van der Waals surface area contributed by atoms with E-state index in [0.717, 1.165) is 40.1 Å². The van der Waals surface area contributed by atoms with E-state index in [9.17, 15) is 0 Å². The Morgan fingerprint density at radius 2 is 1.86 bits per heavy atom. The summed E-state index contributed by atoms with van der Waals surface area (Å²) in [6.45, 7) is 3.80. The predicted molar refractivity (Wildman–Crippen MR) is 111 cm³/mol. The van der Waals surface area contributed by atoms with Gasteiger partial charge in [-0.1, -0.05) is 23.7 Å². The van der Waals surface area contributed by atoms with Crippen molar-refractivity contribution in [2.75, 3.05) is 30.4 Å². The van der Waals surface area contributed by atoms with Crippen LogP contribution < -0.4 is 20.1 Å². The summed E-state index contributed by atoms with van der Waals surface area (Å²) in [4.78, 5) is 9.02. The van der Waals surface area contributed by atoms with Crippen LogP contribution in [0.5, 0.6) is 11.5 Å². The third kappa shape index (κ3) is 4.64. The zero-order chi connectivity index (χ0) is 19.3. The molecule has 3 aromatic rings. The molecule has 0 bridgehead atoms. The second-order valence-corrected chi connectivity index (χ2v) is 6.94. The van der Waals surface area contributed by atoms with Gasteiger partial charge in [-0.2, -0.15) is 4.98 Å². The highest BCUT2D eigenvalue weighted by Crippen LogP contribution is 2.33. The molecule has 0 saturated heterocycles. The molecule has 0 fully saturated rings. The first-order chi connectivity index (χ1) is 13.7. The average molecular weight is 397 g/mol. The van der Waals surface area contributed by atoms with Crippen molar-refractivity contribution >= 4 is 29.1 Å². The number of benzene rings is 2. The summed E-state index contributed by atoms with van der Waals surface area (Å²) in [5, 5.41) is 7.33. The maximum absolute atomic E-state index is 6.03. The van der Waals surface area contributed by atoms with Crippen LogP contribution in [0.1, 0.15) is 11.3 Å². The molecule has 0 amide bonds. The molecule has 1 aromatic heterocycles. The largest absolute Gasteiger partial charge is 0.486 e. The van der Waals surface area contributed by atoms with E-state index in [-0.39, 0.29) is 0 Å². The third-order valence-electron chi connectivity index (χ3n) is 4.25. The lowest BCUT2D eigenvalue weighted by molar-refractivity contribution is 0.171. The van der Waals surface area contributed by atoms with Gasteiger partial charge in [0.05, 0.1) is 0 Å². The monoisotopic (exact) mass is 396 g/mol. The average Bonchev–Trinajstić information content (AvgIpc) is 2.67. The molecule has 0 aliphatic carbocycles. The van der Waals surface area contributed by atoms with Crippen molar-refractivity contribution in [1.82, 2.24) is 9.97 Å². The number of aromatic nitrogens is 2. The Bertz CT molecular complexity index is 980. The molecular formula is C21H21ClN4O2. The van der Waals surface area contributed by atoms with E-state index < -0.39 is 0 Å². The zero-order valence-corrected chi connectivity index (χ0v) is 16.3. The summed E-state index contributed by atoms with van der Waals surface area (Å²) in [7, 11) is 0. The molecule has 6 nitrogen and oxygen atoms in total. The van der Waals surface area contributed by atoms with Gasteiger partial charge in [0, 0.05) is 35.1 Å². The van der Waals surface area contributed by atoms with Gasteiger partial charge < -0.3 is 20.1 Å². The summed E-state index contributed by atoms with van der Waals surface area (Å²) in [6.07, 6.45) is 0.836. The summed E-state index contributed by atoms with van der Waals surface area (Å²) in [6, 6.07) is 15.5. The number of anilines is 3. The third-order valence-corrected chi connectivity index (χ3v) is 4.49. The van der Waals surface area contributed by atoms with Gasteiger partial charge in [0.2, 0.25) is 5.95 Å². The van der Waals surface area contributed by atoms with Crippen LogP contribution in [0.2, 0.25) is 5.02 Å². The number of halogens is 1. The molecule has 2 N–H and O–H groups in total. The second-order valence-electron chi connectivity index (χ2n) is 6.51. The van der Waals surface area contributed by atoms with Crippen LogP contribution >= 0.6 is 11.6 Å². The minimum atomic E-state index is 0.559. The van der Waals surface area contributed by atoms with Gasteiger partial charge >= 0.3 is 0 Å². The molecule has 2 aromatic carbocycles. The van der Waals surface area contributed by atoms with E-state index in [1.165, 1.54) is 5.56 Å². The lowest BCUT2D eigenvalue weighted by atomic mass is 10.1. The van der Waals surface area contributed by atoms with E-state index in [1.807, 2.05) is 49.4 Å². The topological polar surface area (TPSA) is 68.3 Å². The first kappa shape index (κ1) is 18.4. The Morgan fingerprint density at radius 3 is 2.71 bits per heavy atom. The van der Waals surface area contributed by atoms with E-state index in [2.05, 4.69) is 26.7 Å². The van der Waals surface area contributed by atoms with Crippen LogP contribution in [0.4, 0.5) is 17.5 Å². The van der Waals surface area contributed by atoms with Crippen molar-refractivity contribution in [2.45, 2.75) is 13.3 Å². The number of aryl methyl sites for hydroxylation is 1. The highest BCUT2D eigenvalue weighted by atomic mass is 35.5. The molecule has 0 radical (unpaired) electrons. The van der Waals surface area contributed by atoms with Crippen molar-refractivity contribution in [3.63, 3.8) is 0 Å².